The Morgan fingerprint density at radius 1 is 1.04 bits per heavy atom. The number of hydrogen-bond acceptors (Lipinski definition) is 8. The number of rotatable bonds is 13. The number of nitrogens with one attached hydrogen (secondary N) is 3. The predicted octanol–water partition coefficient (Wildman–Crippen LogP) is 2.86. The summed E-state index contributed by atoms with van der Waals surface area (Å²) in [6.45, 7) is 10.0. The van der Waals surface area contributed by atoms with E-state index in [2.05, 4.69) is 16.0 Å². The Morgan fingerprint density at radius 3 is 2.36 bits per heavy atom. The van der Waals surface area contributed by atoms with Crippen molar-refractivity contribution in [2.24, 2.45) is 11.3 Å². The summed E-state index contributed by atoms with van der Waals surface area (Å²) in [5, 5.41) is 20.7. The number of fused-ring (bicyclic) bond motifs is 1. The van der Waals surface area contributed by atoms with Crippen LogP contribution in [-0.4, -0.2) is 80.3 Å². The maximum atomic E-state index is 13.9. The lowest BCUT2D eigenvalue weighted by Crippen LogP contribution is -2.60. The molecule has 4 atom stereocenters. The van der Waals surface area contributed by atoms with Gasteiger partial charge in [0.15, 0.2) is 11.5 Å². The Morgan fingerprint density at radius 2 is 1.73 bits per heavy atom. The van der Waals surface area contributed by atoms with Crippen LogP contribution in [0, 0.1) is 11.3 Å². The molecule has 0 saturated carbocycles. The van der Waals surface area contributed by atoms with Crippen molar-refractivity contribution in [3.63, 3.8) is 0 Å². The Hall–Kier alpha value is -2.90. The van der Waals surface area contributed by atoms with Crippen molar-refractivity contribution in [1.82, 2.24) is 20.3 Å². The van der Waals surface area contributed by atoms with E-state index < -0.39 is 39.5 Å². The highest BCUT2D eigenvalue weighted by Crippen LogP contribution is 2.35. The molecular weight excluding hydrogens is 620 g/mol. The molecule has 0 aromatic heterocycles. The fourth-order valence-corrected chi connectivity index (χ4v) is 7.08. The van der Waals surface area contributed by atoms with Gasteiger partial charge in [-0.15, -0.1) is 12.4 Å². The zero-order chi connectivity index (χ0) is 32.1. The molecule has 0 aliphatic carbocycles. The summed E-state index contributed by atoms with van der Waals surface area (Å²) in [5.74, 6) is 0.0778. The van der Waals surface area contributed by atoms with Crippen LogP contribution in [0.3, 0.4) is 0 Å². The minimum atomic E-state index is -4.05. The number of carbonyl (C=O) groups is 2. The summed E-state index contributed by atoms with van der Waals surface area (Å²) in [7, 11) is -4.05. The largest absolute Gasteiger partial charge is 0.454 e. The molecule has 0 spiro atoms. The highest BCUT2D eigenvalue weighted by molar-refractivity contribution is 7.89. The number of nitrogens with zero attached hydrogens (tertiary/aromatic N) is 1. The van der Waals surface area contributed by atoms with Crippen LogP contribution in [0.15, 0.2) is 53.4 Å². The number of aliphatic hydroxyl groups excluding tert-OH is 1. The molecule has 0 radical (unpaired) electrons. The van der Waals surface area contributed by atoms with Gasteiger partial charge < -0.3 is 30.5 Å². The number of sulfonamides is 1. The van der Waals surface area contributed by atoms with E-state index in [0.29, 0.717) is 17.9 Å². The van der Waals surface area contributed by atoms with Crippen LogP contribution in [0.2, 0.25) is 0 Å². The van der Waals surface area contributed by atoms with Gasteiger partial charge >= 0.3 is 0 Å². The van der Waals surface area contributed by atoms with E-state index in [1.54, 1.807) is 6.07 Å². The third-order valence-electron chi connectivity index (χ3n) is 7.82. The lowest BCUT2D eigenvalue weighted by molar-refractivity contribution is -0.133. The molecular formula is C32H47ClN4O7S. The summed E-state index contributed by atoms with van der Waals surface area (Å²) in [6.07, 6.45) is 0.568. The van der Waals surface area contributed by atoms with Gasteiger partial charge in [-0.1, -0.05) is 65.0 Å². The van der Waals surface area contributed by atoms with Crippen molar-refractivity contribution >= 4 is 34.2 Å². The number of halogens is 1. The van der Waals surface area contributed by atoms with Gasteiger partial charge in [-0.3, -0.25) is 9.59 Å². The van der Waals surface area contributed by atoms with Gasteiger partial charge in [0.25, 0.3) is 0 Å². The van der Waals surface area contributed by atoms with Gasteiger partial charge in [-0.2, -0.15) is 4.31 Å². The van der Waals surface area contributed by atoms with Crippen LogP contribution in [0.4, 0.5) is 0 Å². The fourth-order valence-electron chi connectivity index (χ4n) is 5.44. The van der Waals surface area contributed by atoms with Crippen LogP contribution >= 0.6 is 12.4 Å². The van der Waals surface area contributed by atoms with Crippen molar-refractivity contribution in [3.05, 3.63) is 54.1 Å². The van der Waals surface area contributed by atoms with Crippen molar-refractivity contribution in [2.45, 2.75) is 83.0 Å². The molecule has 1 fully saturated rings. The minimum absolute atomic E-state index is 0. The summed E-state index contributed by atoms with van der Waals surface area (Å²) >= 11 is 0. The van der Waals surface area contributed by atoms with Crippen molar-refractivity contribution in [3.8, 4) is 11.5 Å². The molecule has 2 heterocycles. The smallest absolute Gasteiger partial charge is 0.243 e. The van der Waals surface area contributed by atoms with Gasteiger partial charge in [-0.25, -0.2) is 8.42 Å². The van der Waals surface area contributed by atoms with Gasteiger partial charge in [0, 0.05) is 19.2 Å². The Bertz CT molecular complexity index is 1400. The standard InChI is InChI=1S/C32H46N4O7S.ClH/c1-21(2)18-36(44(40,41)23-13-14-27-28(17-23)43-20-42-27)19-26(37)25(16-22-10-7-6-8-11-22)34-31(39)29(32(3,4)5)35-30(38)24-12-9-15-33-24;/h6-8,10-11,13-14,17,21,24-26,29,33,37H,9,12,15-16,18-20H2,1-5H3,(H,34,39)(H,35,38);1H/t24-,25-,26+,29+;/m0./s1. The van der Waals surface area contributed by atoms with Crippen LogP contribution < -0.4 is 25.4 Å². The summed E-state index contributed by atoms with van der Waals surface area (Å²) < 4.78 is 39.7. The number of carbonyl (C=O) groups excluding carboxylic acids is 2. The molecule has 2 aliphatic heterocycles. The van der Waals surface area contributed by atoms with Gasteiger partial charge in [-0.05, 0) is 54.8 Å². The van der Waals surface area contributed by atoms with Gasteiger partial charge in [0.05, 0.1) is 23.1 Å². The zero-order valence-corrected chi connectivity index (χ0v) is 28.2. The second-order valence-corrected chi connectivity index (χ2v) is 15.0. The maximum Gasteiger partial charge on any atom is 0.243 e. The molecule has 4 rings (SSSR count). The molecule has 250 valence electrons. The van der Waals surface area contributed by atoms with E-state index in [1.165, 1.54) is 16.4 Å². The van der Waals surface area contributed by atoms with Crippen molar-refractivity contribution in [2.75, 3.05) is 26.4 Å². The number of hydrogen-bond donors (Lipinski definition) is 4. The number of ether oxygens (including phenoxy) is 2. The first kappa shape index (κ1) is 36.6. The summed E-state index contributed by atoms with van der Waals surface area (Å²) in [4.78, 5) is 26.8. The molecule has 2 aromatic carbocycles. The maximum absolute atomic E-state index is 13.9. The Labute approximate surface area is 272 Å². The van der Waals surface area contributed by atoms with Crippen LogP contribution in [0.25, 0.3) is 0 Å². The first-order chi connectivity index (χ1) is 20.8. The first-order valence-corrected chi connectivity index (χ1v) is 16.7. The molecule has 0 unspecified atom stereocenters. The van der Waals surface area contributed by atoms with Crippen LogP contribution in [0.5, 0.6) is 11.5 Å². The molecule has 45 heavy (non-hydrogen) atoms. The highest BCUT2D eigenvalue weighted by Gasteiger charge is 2.38. The number of benzene rings is 2. The monoisotopic (exact) mass is 666 g/mol. The Kier molecular flexibility index (Phi) is 12.7. The van der Waals surface area contributed by atoms with E-state index in [9.17, 15) is 23.1 Å². The topological polar surface area (TPSA) is 146 Å². The fraction of sp³-hybridized carbons (Fsp3) is 0.562. The number of amides is 2. The van der Waals surface area contributed by atoms with E-state index in [0.717, 1.165) is 18.5 Å². The van der Waals surface area contributed by atoms with E-state index >= 15 is 0 Å². The van der Waals surface area contributed by atoms with Gasteiger partial charge in [0.1, 0.15) is 6.04 Å². The first-order valence-electron chi connectivity index (χ1n) is 15.2. The predicted molar refractivity (Wildman–Crippen MR) is 174 cm³/mol. The molecule has 2 aromatic rings. The van der Waals surface area contributed by atoms with Crippen LogP contribution in [-0.2, 0) is 26.0 Å². The summed E-state index contributed by atoms with van der Waals surface area (Å²) in [5.41, 5.74) is 0.227. The second kappa shape index (κ2) is 15.6. The van der Waals surface area contributed by atoms with Crippen LogP contribution in [0.1, 0.15) is 53.0 Å². The Balaban J connectivity index is 0.00000552. The SMILES string of the molecule is CC(C)CN(C[C@@H](O)[C@H](Cc1ccccc1)NC(=O)[C@@H](NC(=O)[C@@H]1CCCN1)C(C)(C)C)S(=O)(=O)c1ccc2c(c1)OCO2.Cl. The minimum Gasteiger partial charge on any atom is -0.454 e. The average Bonchev–Trinajstić information content (AvgIpc) is 3.67. The lowest BCUT2D eigenvalue weighted by Gasteiger charge is -2.35. The molecule has 13 heteroatoms. The average molecular weight is 667 g/mol. The lowest BCUT2D eigenvalue weighted by atomic mass is 9.85. The van der Waals surface area contributed by atoms with Crippen molar-refractivity contribution in [1.29, 1.82) is 0 Å². The second-order valence-electron chi connectivity index (χ2n) is 13.1. The molecule has 0 bridgehead atoms. The molecule has 2 amide bonds. The molecule has 1 saturated heterocycles. The molecule has 2 aliphatic rings. The highest BCUT2D eigenvalue weighted by atomic mass is 35.5. The van der Waals surface area contributed by atoms with E-state index in [-0.39, 0.29) is 61.5 Å². The summed E-state index contributed by atoms with van der Waals surface area (Å²) in [6, 6.07) is 11.7. The normalized spacial score (nSPS) is 18.3. The zero-order valence-electron chi connectivity index (χ0n) is 26.6. The molecule has 4 N–H and O–H groups in total. The third kappa shape index (κ3) is 9.55. The van der Waals surface area contributed by atoms with E-state index in [1.807, 2.05) is 65.0 Å². The molecule has 11 nitrogen and oxygen atoms in total. The number of aliphatic hydroxyl groups is 1. The van der Waals surface area contributed by atoms with E-state index in [4.69, 9.17) is 9.47 Å². The quantitative estimate of drug-likeness (QED) is 0.255. The third-order valence-corrected chi connectivity index (χ3v) is 9.65. The van der Waals surface area contributed by atoms with Gasteiger partial charge in [0.2, 0.25) is 28.6 Å². The van der Waals surface area contributed by atoms with Crippen molar-refractivity contribution < 1.29 is 32.6 Å².